The Hall–Kier alpha value is -2.73. The summed E-state index contributed by atoms with van der Waals surface area (Å²) in [5.74, 6) is 0.785. The van der Waals surface area contributed by atoms with Crippen LogP contribution in [0.4, 0.5) is 22.9 Å². The number of piperazine rings is 1. The van der Waals surface area contributed by atoms with Crippen molar-refractivity contribution in [2.75, 3.05) is 48.7 Å². The number of fused-ring (bicyclic) bond motifs is 1. The molecule has 1 saturated heterocycles. The summed E-state index contributed by atoms with van der Waals surface area (Å²) in [6, 6.07) is 10.2. The Kier molecular flexibility index (Phi) is 4.42. The van der Waals surface area contributed by atoms with E-state index in [0.29, 0.717) is 0 Å². The van der Waals surface area contributed by atoms with Crippen molar-refractivity contribution < 1.29 is 0 Å². The average Bonchev–Trinajstić information content (AvgIpc) is 3.04. The van der Waals surface area contributed by atoms with E-state index in [1.807, 2.05) is 36.0 Å². The molecule has 0 aliphatic carbocycles. The second kappa shape index (κ2) is 6.88. The van der Waals surface area contributed by atoms with E-state index in [4.69, 9.17) is 5.73 Å². The number of hydrogen-bond acceptors (Lipinski definition) is 5. The minimum absolute atomic E-state index is 0.738. The van der Waals surface area contributed by atoms with E-state index >= 15 is 0 Å². The van der Waals surface area contributed by atoms with Crippen LogP contribution < -0.4 is 16.0 Å². The molecule has 0 atom stereocenters. The number of likely N-dealkylation sites (N-methyl/N-ethyl adjacent to an activating group) is 1. The Morgan fingerprint density at radius 1 is 1.19 bits per heavy atom. The lowest BCUT2D eigenvalue weighted by Crippen LogP contribution is -2.46. The molecule has 3 heterocycles. The van der Waals surface area contributed by atoms with Crippen LogP contribution in [0.2, 0.25) is 0 Å². The molecule has 0 saturated carbocycles. The van der Waals surface area contributed by atoms with Gasteiger partial charge in [0.15, 0.2) is 0 Å². The zero-order valence-corrected chi connectivity index (χ0v) is 15.4. The van der Waals surface area contributed by atoms with E-state index in [0.717, 1.165) is 60.8 Å². The minimum atomic E-state index is 0.738. The molecule has 6 nitrogen and oxygen atoms in total. The van der Waals surface area contributed by atoms with Crippen LogP contribution in [0.3, 0.4) is 0 Å². The molecule has 0 amide bonds. The molecule has 0 bridgehead atoms. The van der Waals surface area contributed by atoms with Crippen molar-refractivity contribution >= 4 is 33.8 Å². The third kappa shape index (κ3) is 3.20. The van der Waals surface area contributed by atoms with Gasteiger partial charge in [-0.15, -0.1) is 0 Å². The fourth-order valence-electron chi connectivity index (χ4n) is 3.48. The van der Waals surface area contributed by atoms with Gasteiger partial charge in [-0.3, -0.25) is 0 Å². The number of hydrogen-bond donors (Lipinski definition) is 2. The van der Waals surface area contributed by atoms with Gasteiger partial charge in [0, 0.05) is 44.3 Å². The van der Waals surface area contributed by atoms with E-state index in [1.54, 1.807) is 0 Å². The number of pyridine rings is 1. The maximum absolute atomic E-state index is 6.31. The van der Waals surface area contributed by atoms with E-state index in [9.17, 15) is 0 Å². The van der Waals surface area contributed by atoms with Gasteiger partial charge in [-0.1, -0.05) is 6.92 Å². The van der Waals surface area contributed by atoms with Crippen molar-refractivity contribution in [3.8, 4) is 0 Å². The lowest BCUT2D eigenvalue weighted by atomic mass is 10.2. The predicted molar refractivity (Wildman–Crippen MR) is 108 cm³/mol. The van der Waals surface area contributed by atoms with Crippen molar-refractivity contribution in [2.45, 2.75) is 6.92 Å². The molecule has 0 unspecified atom stereocenters. The zero-order valence-electron chi connectivity index (χ0n) is 15.4. The molecular weight excluding hydrogens is 324 g/mol. The van der Waals surface area contributed by atoms with Gasteiger partial charge in [-0.2, -0.15) is 0 Å². The normalized spacial score (nSPS) is 15.5. The summed E-state index contributed by atoms with van der Waals surface area (Å²) in [6.07, 6.45) is 5.00. The summed E-state index contributed by atoms with van der Waals surface area (Å²) in [4.78, 5) is 9.35. The predicted octanol–water partition coefficient (Wildman–Crippen LogP) is 2.84. The highest BCUT2D eigenvalue weighted by molar-refractivity contribution is 5.83. The molecule has 4 rings (SSSR count). The Labute approximate surface area is 154 Å². The Morgan fingerprint density at radius 2 is 2.00 bits per heavy atom. The number of aryl methyl sites for hydroxylation is 1. The van der Waals surface area contributed by atoms with Crippen molar-refractivity contribution in [3.05, 3.63) is 42.7 Å². The summed E-state index contributed by atoms with van der Waals surface area (Å²) >= 11 is 0. The number of rotatable bonds is 4. The van der Waals surface area contributed by atoms with Crippen molar-refractivity contribution in [1.29, 1.82) is 0 Å². The number of anilines is 4. The molecule has 135 valence electrons. The summed E-state index contributed by atoms with van der Waals surface area (Å²) in [6.45, 7) is 7.64. The molecule has 2 aromatic heterocycles. The lowest BCUT2D eigenvalue weighted by Gasteiger charge is -2.35. The van der Waals surface area contributed by atoms with Crippen LogP contribution in [-0.4, -0.2) is 47.2 Å². The van der Waals surface area contributed by atoms with Crippen LogP contribution in [-0.2, 0) is 7.05 Å². The second-order valence-electron chi connectivity index (χ2n) is 6.78. The van der Waals surface area contributed by atoms with Gasteiger partial charge in [0.1, 0.15) is 5.82 Å². The third-order valence-electron chi connectivity index (χ3n) is 5.17. The van der Waals surface area contributed by atoms with Gasteiger partial charge in [0.2, 0.25) is 0 Å². The van der Waals surface area contributed by atoms with Crippen molar-refractivity contribution in [3.63, 3.8) is 0 Å². The van der Waals surface area contributed by atoms with Gasteiger partial charge in [-0.05, 0) is 36.9 Å². The Bertz CT molecular complexity index is 908. The molecule has 6 heteroatoms. The summed E-state index contributed by atoms with van der Waals surface area (Å²) in [7, 11) is 1.97. The number of aromatic nitrogens is 2. The highest BCUT2D eigenvalue weighted by atomic mass is 15.3. The van der Waals surface area contributed by atoms with Crippen molar-refractivity contribution in [1.82, 2.24) is 14.5 Å². The standard InChI is InChI=1S/C20H25N6/c1-3-25-8-10-26(11-9-25)16-4-5-18(17(21)13-16)23-20-12-15-6-7-24(2)19(15)14-22-20/h4-6,12-14H,3,8-11,21H2,1-2H3,(H,22,23). The smallest absolute Gasteiger partial charge is 0.131 e. The van der Waals surface area contributed by atoms with E-state index in [-0.39, 0.29) is 0 Å². The second-order valence-corrected chi connectivity index (χ2v) is 6.78. The molecule has 1 aliphatic rings. The van der Waals surface area contributed by atoms with Crippen molar-refractivity contribution in [2.24, 2.45) is 7.05 Å². The summed E-state index contributed by atoms with van der Waals surface area (Å²) in [5, 5.41) is 4.44. The molecule has 26 heavy (non-hydrogen) atoms. The number of nitrogen functional groups attached to an aromatic ring is 1. The first kappa shape index (κ1) is 16.7. The first-order chi connectivity index (χ1) is 12.6. The van der Waals surface area contributed by atoms with Gasteiger partial charge in [0.25, 0.3) is 0 Å². The average molecular weight is 349 g/mol. The van der Waals surface area contributed by atoms with Gasteiger partial charge >= 0.3 is 0 Å². The SMILES string of the molecule is CCN1CCN(c2ccc(Nc3cc4c[c]n(C)c4cn3)c(N)c2)CC1. The monoisotopic (exact) mass is 349 g/mol. The van der Waals surface area contributed by atoms with Crippen LogP contribution in [0, 0.1) is 6.20 Å². The quantitative estimate of drug-likeness (QED) is 0.709. The van der Waals surface area contributed by atoms with Gasteiger partial charge in [0.05, 0.1) is 29.3 Å². The van der Waals surface area contributed by atoms with Crippen LogP contribution in [0.25, 0.3) is 10.9 Å². The minimum Gasteiger partial charge on any atom is -0.397 e. The van der Waals surface area contributed by atoms with Gasteiger partial charge in [-0.25, -0.2) is 4.98 Å². The highest BCUT2D eigenvalue weighted by Gasteiger charge is 2.16. The number of nitrogens with zero attached hydrogens (tertiary/aromatic N) is 4. The van der Waals surface area contributed by atoms with Crippen LogP contribution >= 0.6 is 0 Å². The molecule has 1 radical (unpaired) electrons. The largest absolute Gasteiger partial charge is 0.397 e. The maximum Gasteiger partial charge on any atom is 0.131 e. The topological polar surface area (TPSA) is 62.3 Å². The number of nitrogens with two attached hydrogens (primary N) is 1. The lowest BCUT2D eigenvalue weighted by molar-refractivity contribution is 0.271. The molecule has 0 spiro atoms. The first-order valence-electron chi connectivity index (χ1n) is 9.11. The van der Waals surface area contributed by atoms with Crippen LogP contribution in [0.15, 0.2) is 36.5 Å². The fraction of sp³-hybridized carbons (Fsp3) is 0.350. The maximum atomic E-state index is 6.31. The molecular formula is C20H25N6. The molecule has 3 aromatic rings. The van der Waals surface area contributed by atoms with E-state index in [2.05, 4.69) is 45.4 Å². The van der Waals surface area contributed by atoms with E-state index in [1.165, 1.54) is 5.69 Å². The Morgan fingerprint density at radius 3 is 2.73 bits per heavy atom. The highest BCUT2D eigenvalue weighted by Crippen LogP contribution is 2.29. The van der Waals surface area contributed by atoms with Crippen LogP contribution in [0.1, 0.15) is 6.92 Å². The number of nitrogens with one attached hydrogen (secondary N) is 1. The molecule has 3 N–H and O–H groups in total. The Balaban J connectivity index is 1.50. The molecule has 1 aliphatic heterocycles. The van der Waals surface area contributed by atoms with Crippen LogP contribution in [0.5, 0.6) is 0 Å². The summed E-state index contributed by atoms with van der Waals surface area (Å²) in [5.41, 5.74) is 10.2. The van der Waals surface area contributed by atoms with E-state index < -0.39 is 0 Å². The number of benzene rings is 1. The fourth-order valence-corrected chi connectivity index (χ4v) is 3.48. The van der Waals surface area contributed by atoms with Gasteiger partial charge < -0.3 is 25.4 Å². The molecule has 1 fully saturated rings. The first-order valence-corrected chi connectivity index (χ1v) is 9.11. The third-order valence-corrected chi connectivity index (χ3v) is 5.17. The summed E-state index contributed by atoms with van der Waals surface area (Å²) < 4.78 is 1.94. The zero-order chi connectivity index (χ0) is 18.1. The molecule has 1 aromatic carbocycles.